The summed E-state index contributed by atoms with van der Waals surface area (Å²) in [5.74, 6) is 1.11. The summed E-state index contributed by atoms with van der Waals surface area (Å²) < 4.78 is 0. The molecule has 0 aliphatic carbocycles. The Kier molecular flexibility index (Phi) is 13.8. The van der Waals surface area contributed by atoms with E-state index in [4.69, 9.17) is 0 Å². The van der Waals surface area contributed by atoms with E-state index < -0.39 is 0 Å². The summed E-state index contributed by atoms with van der Waals surface area (Å²) in [5, 5.41) is 11.0. The molecule has 1 atom stereocenters. The molecule has 1 aromatic rings. The summed E-state index contributed by atoms with van der Waals surface area (Å²) >= 11 is 0. The van der Waals surface area contributed by atoms with Gasteiger partial charge in [-0.05, 0) is 46.3 Å². The second-order valence-corrected chi connectivity index (χ2v) is 12.6. The van der Waals surface area contributed by atoms with Gasteiger partial charge in [-0.15, -0.1) is 0 Å². The van der Waals surface area contributed by atoms with Crippen molar-refractivity contribution in [2.75, 3.05) is 0 Å². The number of hydrogen-bond donors (Lipinski definition) is 1. The molecule has 1 unspecified atom stereocenters. The van der Waals surface area contributed by atoms with Crippen LogP contribution in [0.3, 0.4) is 0 Å². The van der Waals surface area contributed by atoms with Crippen molar-refractivity contribution in [1.82, 2.24) is 0 Å². The predicted molar refractivity (Wildman–Crippen MR) is 149 cm³/mol. The quantitative estimate of drug-likeness (QED) is 0.244. The number of phenolic OH excluding ortho intramolecular Hbond substituents is 1. The Morgan fingerprint density at radius 3 is 1.30 bits per heavy atom. The zero-order chi connectivity index (χ0) is 24.9. The van der Waals surface area contributed by atoms with Crippen molar-refractivity contribution >= 4 is 0 Å². The summed E-state index contributed by atoms with van der Waals surface area (Å²) in [7, 11) is 0. The average Bonchev–Trinajstić information content (AvgIpc) is 2.73. The molecule has 0 saturated heterocycles. The molecule has 0 aliphatic rings. The molecule has 33 heavy (non-hydrogen) atoms. The first-order valence-electron chi connectivity index (χ1n) is 14.4. The van der Waals surface area contributed by atoms with Gasteiger partial charge in [-0.25, -0.2) is 0 Å². The lowest BCUT2D eigenvalue weighted by Gasteiger charge is -2.30. The summed E-state index contributed by atoms with van der Waals surface area (Å²) in [6.07, 6.45) is 20.8. The highest BCUT2D eigenvalue weighted by Crippen LogP contribution is 2.42. The molecule has 0 aliphatic heterocycles. The molecular formula is C32H58O. The smallest absolute Gasteiger partial charge is 0.123 e. The van der Waals surface area contributed by atoms with Crippen LogP contribution in [-0.2, 0) is 10.8 Å². The lowest BCUT2D eigenvalue weighted by atomic mass is 9.76. The van der Waals surface area contributed by atoms with Crippen LogP contribution in [0.15, 0.2) is 12.1 Å². The van der Waals surface area contributed by atoms with E-state index in [1.807, 2.05) is 0 Å². The van der Waals surface area contributed by atoms with Crippen LogP contribution in [0.4, 0.5) is 0 Å². The number of benzene rings is 1. The van der Waals surface area contributed by atoms with Crippen LogP contribution < -0.4 is 0 Å². The first kappa shape index (κ1) is 30.1. The second-order valence-electron chi connectivity index (χ2n) is 12.6. The fraction of sp³-hybridized carbons (Fsp3) is 0.812. The van der Waals surface area contributed by atoms with Crippen LogP contribution in [0.25, 0.3) is 0 Å². The van der Waals surface area contributed by atoms with Gasteiger partial charge in [-0.1, -0.05) is 151 Å². The molecule has 1 N–H and O–H groups in total. The van der Waals surface area contributed by atoms with Crippen LogP contribution in [0.1, 0.15) is 174 Å². The van der Waals surface area contributed by atoms with Crippen LogP contribution in [0.5, 0.6) is 5.75 Å². The number of hydrogen-bond acceptors (Lipinski definition) is 1. The molecule has 1 rings (SSSR count). The minimum Gasteiger partial charge on any atom is -0.507 e. The predicted octanol–water partition coefficient (Wildman–Crippen LogP) is 11.0. The number of phenols is 1. The van der Waals surface area contributed by atoms with E-state index in [0.29, 0.717) is 11.7 Å². The van der Waals surface area contributed by atoms with Crippen LogP contribution in [0.2, 0.25) is 0 Å². The third-order valence-corrected chi connectivity index (χ3v) is 7.37. The molecule has 1 heteroatoms. The van der Waals surface area contributed by atoms with Gasteiger partial charge >= 0.3 is 0 Å². The van der Waals surface area contributed by atoms with E-state index in [1.165, 1.54) is 102 Å². The van der Waals surface area contributed by atoms with Gasteiger partial charge in [0.25, 0.3) is 0 Å². The zero-order valence-corrected chi connectivity index (χ0v) is 23.8. The molecular weight excluding hydrogens is 400 g/mol. The van der Waals surface area contributed by atoms with Gasteiger partial charge < -0.3 is 5.11 Å². The standard InChI is InChI=1S/C32H58O/c1-9-11-12-13-14-15-16-17-18-19-20-21-22-23-26(10-2)27-24-28(31(3,4)5)30(33)29(25-27)32(6,7)8/h24-26,33H,9-23H2,1-8H3. The van der Waals surface area contributed by atoms with Gasteiger partial charge in [0, 0.05) is 0 Å². The van der Waals surface area contributed by atoms with Crippen molar-refractivity contribution in [3.05, 3.63) is 28.8 Å². The molecule has 1 aromatic carbocycles. The molecule has 0 radical (unpaired) electrons. The van der Waals surface area contributed by atoms with E-state index >= 15 is 0 Å². The maximum atomic E-state index is 11.0. The third-order valence-electron chi connectivity index (χ3n) is 7.37. The van der Waals surface area contributed by atoms with Crippen LogP contribution >= 0.6 is 0 Å². The summed E-state index contributed by atoms with van der Waals surface area (Å²) in [4.78, 5) is 0. The van der Waals surface area contributed by atoms with Crippen molar-refractivity contribution in [2.24, 2.45) is 0 Å². The Balaban J connectivity index is 2.47. The minimum atomic E-state index is -0.0477. The summed E-state index contributed by atoms with van der Waals surface area (Å²) in [6.45, 7) is 17.9. The van der Waals surface area contributed by atoms with E-state index in [1.54, 1.807) is 0 Å². The molecule has 192 valence electrons. The molecule has 0 aromatic heterocycles. The van der Waals surface area contributed by atoms with Crippen LogP contribution in [-0.4, -0.2) is 5.11 Å². The minimum absolute atomic E-state index is 0.0477. The molecule has 0 saturated carbocycles. The first-order valence-corrected chi connectivity index (χ1v) is 14.4. The van der Waals surface area contributed by atoms with Crippen molar-refractivity contribution < 1.29 is 5.11 Å². The van der Waals surface area contributed by atoms with Crippen LogP contribution in [0, 0.1) is 0 Å². The number of unbranched alkanes of at least 4 members (excludes halogenated alkanes) is 12. The monoisotopic (exact) mass is 458 g/mol. The second kappa shape index (κ2) is 15.1. The van der Waals surface area contributed by atoms with Crippen molar-refractivity contribution in [3.8, 4) is 5.75 Å². The number of rotatable bonds is 16. The lowest BCUT2D eigenvalue weighted by Crippen LogP contribution is -2.18. The SMILES string of the molecule is CCCCCCCCCCCCCCCC(CC)c1cc(C(C)(C)C)c(O)c(C(C)(C)C)c1. The first-order chi connectivity index (χ1) is 15.5. The maximum absolute atomic E-state index is 11.0. The Bertz CT molecular complexity index is 608. The van der Waals surface area contributed by atoms with Crippen molar-refractivity contribution in [3.63, 3.8) is 0 Å². The van der Waals surface area contributed by atoms with Gasteiger partial charge in [-0.2, -0.15) is 0 Å². The van der Waals surface area contributed by atoms with Gasteiger partial charge in [-0.3, -0.25) is 0 Å². The Hall–Kier alpha value is -0.980. The molecule has 0 bridgehead atoms. The normalized spacial score (nSPS) is 13.5. The van der Waals surface area contributed by atoms with Crippen molar-refractivity contribution in [1.29, 1.82) is 0 Å². The zero-order valence-electron chi connectivity index (χ0n) is 23.8. The Morgan fingerprint density at radius 1 is 0.606 bits per heavy atom. The molecule has 0 fully saturated rings. The molecule has 0 heterocycles. The summed E-state index contributed by atoms with van der Waals surface area (Å²) in [6, 6.07) is 4.61. The topological polar surface area (TPSA) is 20.2 Å². The summed E-state index contributed by atoms with van der Waals surface area (Å²) in [5.41, 5.74) is 3.55. The van der Waals surface area contributed by atoms with Gasteiger partial charge in [0.2, 0.25) is 0 Å². The largest absolute Gasteiger partial charge is 0.507 e. The third kappa shape index (κ3) is 11.3. The van der Waals surface area contributed by atoms with Gasteiger partial charge in [0.05, 0.1) is 0 Å². The van der Waals surface area contributed by atoms with E-state index in [9.17, 15) is 5.11 Å². The highest BCUT2D eigenvalue weighted by Gasteiger charge is 2.27. The molecule has 0 amide bonds. The van der Waals surface area contributed by atoms with Crippen molar-refractivity contribution in [2.45, 2.75) is 168 Å². The van der Waals surface area contributed by atoms with Gasteiger partial charge in [0.15, 0.2) is 0 Å². The Morgan fingerprint density at radius 2 is 0.970 bits per heavy atom. The lowest BCUT2D eigenvalue weighted by molar-refractivity contribution is 0.421. The fourth-order valence-corrected chi connectivity index (χ4v) is 5.05. The van der Waals surface area contributed by atoms with E-state index in [-0.39, 0.29) is 10.8 Å². The average molecular weight is 459 g/mol. The van der Waals surface area contributed by atoms with Gasteiger partial charge in [0.1, 0.15) is 5.75 Å². The highest BCUT2D eigenvalue weighted by atomic mass is 16.3. The Labute approximate surface area is 208 Å². The molecule has 1 nitrogen and oxygen atoms in total. The number of aromatic hydroxyl groups is 1. The van der Waals surface area contributed by atoms with E-state index in [0.717, 1.165) is 11.1 Å². The maximum Gasteiger partial charge on any atom is 0.123 e. The van der Waals surface area contributed by atoms with E-state index in [2.05, 4.69) is 67.5 Å². The fourth-order valence-electron chi connectivity index (χ4n) is 5.05. The highest BCUT2D eigenvalue weighted by molar-refractivity contribution is 5.50. The molecule has 0 spiro atoms.